The Balaban J connectivity index is 1.96. The molecule has 7 nitrogen and oxygen atoms in total. The molecule has 1 aromatic rings. The van der Waals surface area contributed by atoms with Crippen molar-refractivity contribution in [3.8, 4) is 0 Å². The van der Waals surface area contributed by atoms with E-state index in [-0.39, 0.29) is 30.3 Å². The van der Waals surface area contributed by atoms with Crippen LogP contribution in [0.2, 0.25) is 0 Å². The molecule has 0 radical (unpaired) electrons. The summed E-state index contributed by atoms with van der Waals surface area (Å²) in [5, 5.41) is 8.15. The summed E-state index contributed by atoms with van der Waals surface area (Å²) in [6.07, 6.45) is 1.66. The number of carbonyl (C=O) groups is 3. The fraction of sp³-hybridized carbons (Fsp3) is 0.471. The Morgan fingerprint density at radius 2 is 2.08 bits per heavy atom. The molecule has 0 spiro atoms. The first-order valence-corrected chi connectivity index (χ1v) is 8.19. The predicted octanol–water partition coefficient (Wildman–Crippen LogP) is 0.585. The molecule has 24 heavy (non-hydrogen) atoms. The van der Waals surface area contributed by atoms with Gasteiger partial charge in [-0.2, -0.15) is 0 Å². The molecule has 130 valence electrons. The Morgan fingerprint density at radius 3 is 2.79 bits per heavy atom. The number of hydrogen-bond acceptors (Lipinski definition) is 4. The molecule has 1 heterocycles. The standard InChI is InChI=1S/C17H24N4O3/c1-3-19-16(23)12-6-4-7-13(10-12)20-15(22)11-21-9-5-8-14(21)17(24)18-2/h4,6-7,10,14H,3,5,8-9,11H2,1-2H3,(H,18,24)(H,19,23)(H,20,22). The van der Waals surface area contributed by atoms with Crippen molar-refractivity contribution in [3.63, 3.8) is 0 Å². The van der Waals surface area contributed by atoms with Crippen molar-refractivity contribution in [3.05, 3.63) is 29.8 Å². The van der Waals surface area contributed by atoms with Gasteiger partial charge in [0.25, 0.3) is 5.91 Å². The largest absolute Gasteiger partial charge is 0.358 e. The van der Waals surface area contributed by atoms with Crippen LogP contribution in [0.5, 0.6) is 0 Å². The second kappa shape index (κ2) is 8.44. The highest BCUT2D eigenvalue weighted by atomic mass is 16.2. The average molecular weight is 332 g/mol. The summed E-state index contributed by atoms with van der Waals surface area (Å²) in [4.78, 5) is 37.8. The highest BCUT2D eigenvalue weighted by Crippen LogP contribution is 2.17. The fourth-order valence-corrected chi connectivity index (χ4v) is 2.86. The van der Waals surface area contributed by atoms with Gasteiger partial charge in [0.15, 0.2) is 0 Å². The molecular weight excluding hydrogens is 308 g/mol. The van der Waals surface area contributed by atoms with Crippen molar-refractivity contribution in [1.82, 2.24) is 15.5 Å². The molecule has 0 aromatic heterocycles. The molecule has 3 N–H and O–H groups in total. The van der Waals surface area contributed by atoms with Crippen molar-refractivity contribution in [2.75, 3.05) is 32.0 Å². The predicted molar refractivity (Wildman–Crippen MR) is 91.7 cm³/mol. The number of likely N-dealkylation sites (tertiary alicyclic amines) is 1. The lowest BCUT2D eigenvalue weighted by Crippen LogP contribution is -2.45. The van der Waals surface area contributed by atoms with Crippen LogP contribution in [0, 0.1) is 0 Å². The summed E-state index contributed by atoms with van der Waals surface area (Å²) >= 11 is 0. The maximum Gasteiger partial charge on any atom is 0.251 e. The molecule has 0 saturated carbocycles. The van der Waals surface area contributed by atoms with E-state index >= 15 is 0 Å². The average Bonchev–Trinajstić information content (AvgIpc) is 3.02. The summed E-state index contributed by atoms with van der Waals surface area (Å²) in [5.41, 5.74) is 1.07. The van der Waals surface area contributed by atoms with E-state index < -0.39 is 0 Å². The molecule has 7 heteroatoms. The van der Waals surface area contributed by atoms with Gasteiger partial charge in [-0.05, 0) is 44.5 Å². The number of benzene rings is 1. The smallest absolute Gasteiger partial charge is 0.251 e. The molecule has 1 atom stereocenters. The first kappa shape index (κ1) is 17.9. The zero-order chi connectivity index (χ0) is 17.5. The van der Waals surface area contributed by atoms with Crippen LogP contribution in [0.25, 0.3) is 0 Å². The fourth-order valence-electron chi connectivity index (χ4n) is 2.86. The lowest BCUT2D eigenvalue weighted by atomic mass is 10.2. The minimum atomic E-state index is -0.248. The van der Waals surface area contributed by atoms with E-state index in [2.05, 4.69) is 16.0 Å². The zero-order valence-corrected chi connectivity index (χ0v) is 14.1. The Hall–Kier alpha value is -2.41. The highest BCUT2D eigenvalue weighted by molar-refractivity contribution is 5.97. The Morgan fingerprint density at radius 1 is 1.29 bits per heavy atom. The van der Waals surface area contributed by atoms with Gasteiger partial charge in [-0.1, -0.05) is 6.07 Å². The van der Waals surface area contributed by atoms with Gasteiger partial charge >= 0.3 is 0 Å². The first-order valence-electron chi connectivity index (χ1n) is 8.19. The minimum absolute atomic E-state index is 0.0569. The van der Waals surface area contributed by atoms with Crippen molar-refractivity contribution in [1.29, 1.82) is 0 Å². The van der Waals surface area contributed by atoms with E-state index in [0.29, 0.717) is 17.8 Å². The normalized spacial score (nSPS) is 17.3. The van der Waals surface area contributed by atoms with E-state index in [4.69, 9.17) is 0 Å². The molecule has 1 aliphatic heterocycles. The topological polar surface area (TPSA) is 90.5 Å². The van der Waals surface area contributed by atoms with Gasteiger partial charge in [0.2, 0.25) is 11.8 Å². The highest BCUT2D eigenvalue weighted by Gasteiger charge is 2.31. The van der Waals surface area contributed by atoms with Gasteiger partial charge in [-0.3, -0.25) is 19.3 Å². The molecule has 1 saturated heterocycles. The van der Waals surface area contributed by atoms with Crippen LogP contribution < -0.4 is 16.0 Å². The van der Waals surface area contributed by atoms with E-state index in [0.717, 1.165) is 19.4 Å². The van der Waals surface area contributed by atoms with Crippen LogP contribution in [-0.4, -0.2) is 55.3 Å². The van der Waals surface area contributed by atoms with E-state index in [9.17, 15) is 14.4 Å². The quantitative estimate of drug-likeness (QED) is 0.711. The third-order valence-electron chi connectivity index (χ3n) is 4.01. The molecule has 1 unspecified atom stereocenters. The SMILES string of the molecule is CCNC(=O)c1cccc(NC(=O)CN2CCCC2C(=O)NC)c1. The van der Waals surface area contributed by atoms with Crippen LogP contribution in [0.4, 0.5) is 5.69 Å². The monoisotopic (exact) mass is 332 g/mol. The van der Waals surface area contributed by atoms with Crippen molar-refractivity contribution in [2.24, 2.45) is 0 Å². The second-order valence-electron chi connectivity index (χ2n) is 5.73. The number of likely N-dealkylation sites (N-methyl/N-ethyl adjacent to an activating group) is 1. The third-order valence-corrected chi connectivity index (χ3v) is 4.01. The minimum Gasteiger partial charge on any atom is -0.358 e. The molecule has 1 aliphatic rings. The lowest BCUT2D eigenvalue weighted by molar-refractivity contribution is -0.126. The van der Waals surface area contributed by atoms with Gasteiger partial charge in [0.1, 0.15) is 0 Å². The maximum absolute atomic E-state index is 12.2. The molecule has 0 aliphatic carbocycles. The van der Waals surface area contributed by atoms with Gasteiger partial charge in [-0.15, -0.1) is 0 Å². The first-order chi connectivity index (χ1) is 11.5. The molecule has 2 rings (SSSR count). The summed E-state index contributed by atoms with van der Waals surface area (Å²) in [7, 11) is 1.60. The number of carbonyl (C=O) groups excluding carboxylic acids is 3. The Kier molecular flexibility index (Phi) is 6.31. The van der Waals surface area contributed by atoms with E-state index in [1.54, 1.807) is 31.3 Å². The second-order valence-corrected chi connectivity index (χ2v) is 5.73. The zero-order valence-electron chi connectivity index (χ0n) is 14.1. The number of rotatable bonds is 6. The lowest BCUT2D eigenvalue weighted by Gasteiger charge is -2.22. The van der Waals surface area contributed by atoms with Gasteiger partial charge in [-0.25, -0.2) is 0 Å². The van der Waals surface area contributed by atoms with Gasteiger partial charge in [0, 0.05) is 24.8 Å². The van der Waals surface area contributed by atoms with Gasteiger partial charge < -0.3 is 16.0 Å². The molecular formula is C17H24N4O3. The van der Waals surface area contributed by atoms with Crippen molar-refractivity contribution < 1.29 is 14.4 Å². The van der Waals surface area contributed by atoms with Crippen molar-refractivity contribution in [2.45, 2.75) is 25.8 Å². The summed E-state index contributed by atoms with van der Waals surface area (Å²) in [6.45, 7) is 3.28. The summed E-state index contributed by atoms with van der Waals surface area (Å²) < 4.78 is 0. The molecule has 1 aromatic carbocycles. The summed E-state index contributed by atoms with van der Waals surface area (Å²) in [5.74, 6) is -0.426. The van der Waals surface area contributed by atoms with Gasteiger partial charge in [0.05, 0.1) is 12.6 Å². The van der Waals surface area contributed by atoms with Crippen LogP contribution in [-0.2, 0) is 9.59 Å². The van der Waals surface area contributed by atoms with Crippen LogP contribution in [0.15, 0.2) is 24.3 Å². The van der Waals surface area contributed by atoms with Crippen molar-refractivity contribution >= 4 is 23.4 Å². The number of hydrogen-bond donors (Lipinski definition) is 3. The molecule has 0 bridgehead atoms. The van der Waals surface area contributed by atoms with E-state index in [1.807, 2.05) is 11.8 Å². The number of nitrogens with zero attached hydrogens (tertiary/aromatic N) is 1. The number of anilines is 1. The number of amides is 3. The number of nitrogens with one attached hydrogen (secondary N) is 3. The maximum atomic E-state index is 12.2. The third kappa shape index (κ3) is 4.55. The molecule has 1 fully saturated rings. The Labute approximate surface area is 141 Å². The van der Waals surface area contributed by atoms with E-state index in [1.165, 1.54) is 0 Å². The van der Waals surface area contributed by atoms with Crippen LogP contribution in [0.1, 0.15) is 30.1 Å². The molecule has 3 amide bonds. The summed E-state index contributed by atoms with van der Waals surface area (Å²) in [6, 6.07) is 6.55. The van der Waals surface area contributed by atoms with Crippen LogP contribution in [0.3, 0.4) is 0 Å². The Bertz CT molecular complexity index is 618. The van der Waals surface area contributed by atoms with Crippen LogP contribution >= 0.6 is 0 Å².